The lowest BCUT2D eigenvalue weighted by molar-refractivity contribution is -0.146. The predicted molar refractivity (Wildman–Crippen MR) is 141 cm³/mol. The van der Waals surface area contributed by atoms with Crippen LogP contribution in [0.2, 0.25) is 0 Å². The van der Waals surface area contributed by atoms with Crippen molar-refractivity contribution in [2.75, 3.05) is 26.2 Å². The highest BCUT2D eigenvalue weighted by molar-refractivity contribution is 6.00. The van der Waals surface area contributed by atoms with Crippen LogP contribution >= 0.6 is 0 Å². The van der Waals surface area contributed by atoms with Crippen molar-refractivity contribution < 1.29 is 28.7 Å². The lowest BCUT2D eigenvalue weighted by Gasteiger charge is -2.37. The monoisotopic (exact) mass is 528 g/mol. The summed E-state index contributed by atoms with van der Waals surface area (Å²) in [7, 11) is 0. The van der Waals surface area contributed by atoms with Gasteiger partial charge in [-0.2, -0.15) is 0 Å². The van der Waals surface area contributed by atoms with Crippen molar-refractivity contribution in [3.63, 3.8) is 0 Å². The van der Waals surface area contributed by atoms with E-state index in [1.807, 2.05) is 27.7 Å². The number of carbonyl (C=O) groups excluding carboxylic acids is 4. The number of amides is 4. The van der Waals surface area contributed by atoms with Crippen molar-refractivity contribution in [1.29, 1.82) is 0 Å². The molecule has 0 aliphatic carbocycles. The Morgan fingerprint density at radius 1 is 1.03 bits per heavy atom. The van der Waals surface area contributed by atoms with Crippen molar-refractivity contribution in [1.82, 2.24) is 20.4 Å². The molecule has 10 nitrogen and oxygen atoms in total. The first-order valence-corrected chi connectivity index (χ1v) is 13.7. The first-order valence-electron chi connectivity index (χ1n) is 13.7. The number of ether oxygens (including phenoxy) is 2. The molecule has 4 rings (SSSR count). The van der Waals surface area contributed by atoms with Gasteiger partial charge in [0.15, 0.2) is 0 Å². The molecule has 1 aromatic carbocycles. The van der Waals surface area contributed by atoms with Crippen LogP contribution in [0.25, 0.3) is 0 Å². The average molecular weight is 529 g/mol. The third-order valence-electron chi connectivity index (χ3n) is 7.54. The van der Waals surface area contributed by atoms with Crippen molar-refractivity contribution in [2.45, 2.75) is 83.7 Å². The maximum absolute atomic E-state index is 13.6. The van der Waals surface area contributed by atoms with Gasteiger partial charge in [0, 0.05) is 26.1 Å². The summed E-state index contributed by atoms with van der Waals surface area (Å²) in [5.74, 6) is -0.628. The Morgan fingerprint density at radius 2 is 1.74 bits per heavy atom. The molecule has 3 aliphatic rings. The van der Waals surface area contributed by atoms with Crippen LogP contribution in [-0.4, -0.2) is 90.0 Å². The summed E-state index contributed by atoms with van der Waals surface area (Å²) in [6.07, 6.45) is 1.24. The van der Waals surface area contributed by atoms with Crippen LogP contribution in [0.3, 0.4) is 0 Å². The Labute approximate surface area is 224 Å². The zero-order valence-corrected chi connectivity index (χ0v) is 22.8. The van der Waals surface area contributed by atoms with E-state index in [0.29, 0.717) is 37.4 Å². The van der Waals surface area contributed by atoms with Crippen molar-refractivity contribution >= 4 is 23.6 Å². The maximum atomic E-state index is 13.6. The van der Waals surface area contributed by atoms with Gasteiger partial charge in [0.2, 0.25) is 17.7 Å². The van der Waals surface area contributed by atoms with Crippen LogP contribution in [-0.2, 0) is 19.1 Å². The van der Waals surface area contributed by atoms with E-state index in [2.05, 4.69) is 10.6 Å². The molecule has 0 saturated carbocycles. The van der Waals surface area contributed by atoms with Crippen LogP contribution in [0.4, 0.5) is 0 Å². The smallest absolute Gasteiger partial charge is 0.255 e. The summed E-state index contributed by atoms with van der Waals surface area (Å²) in [4.78, 5) is 56.9. The number of hydrogen-bond acceptors (Lipinski definition) is 6. The number of benzene rings is 1. The Kier molecular flexibility index (Phi) is 8.91. The van der Waals surface area contributed by atoms with Crippen molar-refractivity contribution in [3.05, 3.63) is 29.8 Å². The molecule has 1 aromatic rings. The number of hydrogen-bond donors (Lipinski definition) is 2. The molecule has 0 unspecified atom stereocenters. The molecule has 0 bridgehead atoms. The summed E-state index contributed by atoms with van der Waals surface area (Å²) < 4.78 is 11.8. The van der Waals surface area contributed by atoms with E-state index in [4.69, 9.17) is 9.47 Å². The largest absolute Gasteiger partial charge is 0.491 e. The first kappa shape index (κ1) is 27.9. The van der Waals surface area contributed by atoms with Crippen LogP contribution in [0, 0.1) is 5.92 Å². The molecule has 38 heavy (non-hydrogen) atoms. The molecule has 0 spiro atoms. The number of nitrogens with one attached hydrogen (secondary N) is 2. The normalized spacial score (nSPS) is 29.4. The molecule has 208 valence electrons. The Balaban J connectivity index is 1.64. The molecule has 2 N–H and O–H groups in total. The van der Waals surface area contributed by atoms with E-state index in [1.54, 1.807) is 34.1 Å². The average Bonchev–Trinajstić information content (AvgIpc) is 3.37. The van der Waals surface area contributed by atoms with Gasteiger partial charge < -0.3 is 29.9 Å². The minimum Gasteiger partial charge on any atom is -0.491 e. The van der Waals surface area contributed by atoms with Gasteiger partial charge in [0.05, 0.1) is 23.8 Å². The topological polar surface area (TPSA) is 117 Å². The maximum Gasteiger partial charge on any atom is 0.255 e. The van der Waals surface area contributed by atoms with E-state index >= 15 is 0 Å². The Morgan fingerprint density at radius 3 is 2.45 bits per heavy atom. The second-order valence-corrected chi connectivity index (χ2v) is 11.0. The van der Waals surface area contributed by atoms with E-state index in [0.717, 1.165) is 6.42 Å². The van der Waals surface area contributed by atoms with E-state index in [-0.39, 0.29) is 61.3 Å². The lowest BCUT2D eigenvalue weighted by atomic mass is 10.0. The molecule has 3 aliphatic heterocycles. The second kappa shape index (κ2) is 12.1. The number of para-hydroxylation sites is 1. The highest BCUT2D eigenvalue weighted by Crippen LogP contribution is 2.23. The summed E-state index contributed by atoms with van der Waals surface area (Å²) in [6, 6.07) is 5.10. The first-order chi connectivity index (χ1) is 18.1. The number of morpholine rings is 1. The molecule has 10 heteroatoms. The van der Waals surface area contributed by atoms with Gasteiger partial charge in [-0.15, -0.1) is 0 Å². The zero-order chi connectivity index (χ0) is 27.4. The SMILES string of the molecule is CC(C)[C@H]1COc2ccccc2C(=O)N[C@H](C(=O)N2C[C@@H](C)O[C@@H](C)C2)CCC(=O)N2CCC[C@@H]2C(=O)N1. The quantitative estimate of drug-likeness (QED) is 0.604. The van der Waals surface area contributed by atoms with Gasteiger partial charge in [0.1, 0.15) is 24.4 Å². The summed E-state index contributed by atoms with van der Waals surface area (Å²) in [6.45, 7) is 9.28. The molecule has 5 atom stereocenters. The highest BCUT2D eigenvalue weighted by Gasteiger charge is 2.37. The third-order valence-corrected chi connectivity index (χ3v) is 7.54. The van der Waals surface area contributed by atoms with Gasteiger partial charge >= 0.3 is 0 Å². The van der Waals surface area contributed by atoms with E-state index < -0.39 is 18.0 Å². The van der Waals surface area contributed by atoms with Gasteiger partial charge in [-0.1, -0.05) is 26.0 Å². The van der Waals surface area contributed by atoms with Crippen LogP contribution in [0.5, 0.6) is 5.75 Å². The van der Waals surface area contributed by atoms with E-state index in [1.165, 1.54) is 0 Å². The Hall–Kier alpha value is -3.14. The number of fused-ring (bicyclic) bond motifs is 2. The minimum atomic E-state index is -0.902. The second-order valence-electron chi connectivity index (χ2n) is 11.0. The van der Waals surface area contributed by atoms with Crippen molar-refractivity contribution in [2.24, 2.45) is 5.92 Å². The molecular formula is C28H40N4O6. The fourth-order valence-corrected chi connectivity index (χ4v) is 5.46. The number of carbonyl (C=O) groups is 4. The zero-order valence-electron chi connectivity index (χ0n) is 22.8. The fourth-order valence-electron chi connectivity index (χ4n) is 5.46. The number of nitrogens with zero attached hydrogens (tertiary/aromatic N) is 2. The number of rotatable bonds is 2. The Bertz CT molecular complexity index is 1040. The molecule has 2 fully saturated rings. The molecule has 2 saturated heterocycles. The van der Waals surface area contributed by atoms with Gasteiger partial charge in [-0.05, 0) is 51.2 Å². The molecule has 0 aromatic heterocycles. The van der Waals surface area contributed by atoms with Gasteiger partial charge in [0.25, 0.3) is 5.91 Å². The van der Waals surface area contributed by atoms with Crippen LogP contribution in [0.15, 0.2) is 24.3 Å². The summed E-state index contributed by atoms with van der Waals surface area (Å²) in [5.41, 5.74) is 0.296. The summed E-state index contributed by atoms with van der Waals surface area (Å²) >= 11 is 0. The minimum absolute atomic E-state index is 0.0433. The van der Waals surface area contributed by atoms with E-state index in [9.17, 15) is 19.2 Å². The van der Waals surface area contributed by atoms with Gasteiger partial charge in [-0.3, -0.25) is 19.2 Å². The third kappa shape index (κ3) is 6.46. The van der Waals surface area contributed by atoms with Crippen molar-refractivity contribution in [3.8, 4) is 5.75 Å². The highest BCUT2D eigenvalue weighted by atomic mass is 16.5. The molecule has 4 amide bonds. The standard InChI is InChI=1S/C28H40N4O6/c1-17(2)22-16-37-24-10-6-5-8-20(24)26(34)29-21(28(36)31-14-18(3)38-19(4)15-31)11-12-25(33)32-13-7-9-23(32)27(35)30-22/h5-6,8,10,17-19,21-23H,7,9,11-16H2,1-4H3,(H,29,34)(H,30,35)/t18-,19+,21-,22+,23+/m0/s1. The van der Waals surface area contributed by atoms with Crippen LogP contribution in [0.1, 0.15) is 63.7 Å². The lowest BCUT2D eigenvalue weighted by Crippen LogP contribution is -2.55. The van der Waals surface area contributed by atoms with Crippen LogP contribution < -0.4 is 15.4 Å². The summed E-state index contributed by atoms with van der Waals surface area (Å²) in [5, 5.41) is 5.96. The molecule has 3 heterocycles. The predicted octanol–water partition coefficient (Wildman–Crippen LogP) is 1.73. The fraction of sp³-hybridized carbons (Fsp3) is 0.643. The molecule has 0 radical (unpaired) electrons. The molecular weight excluding hydrogens is 488 g/mol. The van der Waals surface area contributed by atoms with Gasteiger partial charge in [-0.25, -0.2) is 0 Å².